The highest BCUT2D eigenvalue weighted by Gasteiger charge is 2.78. The Labute approximate surface area is 113 Å². The zero-order chi connectivity index (χ0) is 14.1. The largest absolute Gasteiger partial charge is 0.342 e. The number of likely N-dealkylation sites (tertiary alicyclic amines) is 1. The van der Waals surface area contributed by atoms with Gasteiger partial charge in [-0.1, -0.05) is 20.8 Å². The minimum atomic E-state index is -1.08. The van der Waals surface area contributed by atoms with Gasteiger partial charge in [0.2, 0.25) is 17.5 Å². The second kappa shape index (κ2) is 3.47. The number of rotatable bonds is 1. The lowest BCUT2D eigenvalue weighted by Gasteiger charge is -2.39. The van der Waals surface area contributed by atoms with Crippen LogP contribution in [-0.4, -0.2) is 35.5 Å². The third-order valence-electron chi connectivity index (χ3n) is 6.30. The number of amides is 1. The first-order chi connectivity index (χ1) is 8.79. The summed E-state index contributed by atoms with van der Waals surface area (Å²) in [6.45, 7) is 7.18. The number of Topliss-reactive ketones (excluding diaryl/α,β-unsaturated/α-hetero) is 2. The fourth-order valence-corrected chi connectivity index (χ4v) is 4.43. The molecule has 3 fully saturated rings. The standard InChI is InChI=1S/C15H21NO3/c1-13(2)14(3)6-7-15(13,11(18)10(14)17)12(19)16-8-4-5-9-16/h4-9H2,1-3H3/t14-,15+/m1/s1. The van der Waals surface area contributed by atoms with Gasteiger partial charge in [0, 0.05) is 18.5 Å². The van der Waals surface area contributed by atoms with Crippen molar-refractivity contribution in [3.05, 3.63) is 0 Å². The van der Waals surface area contributed by atoms with Crippen molar-refractivity contribution in [1.29, 1.82) is 0 Å². The highest BCUT2D eigenvalue weighted by molar-refractivity contribution is 6.48. The molecule has 0 aromatic heterocycles. The summed E-state index contributed by atoms with van der Waals surface area (Å²) in [5.74, 6) is -0.839. The SMILES string of the molecule is CC1(C)[C@@]2(C(=O)N3CCCC3)CC[C@]1(C)C(=O)C2=O. The lowest BCUT2D eigenvalue weighted by molar-refractivity contribution is -0.154. The summed E-state index contributed by atoms with van der Waals surface area (Å²) in [5.41, 5.74) is -2.30. The van der Waals surface area contributed by atoms with E-state index in [1.807, 2.05) is 20.8 Å². The molecular weight excluding hydrogens is 242 g/mol. The lowest BCUT2D eigenvalue weighted by Crippen LogP contribution is -2.51. The molecule has 0 unspecified atom stereocenters. The summed E-state index contributed by atoms with van der Waals surface area (Å²) < 4.78 is 0. The summed E-state index contributed by atoms with van der Waals surface area (Å²) in [5, 5.41) is 0. The van der Waals surface area contributed by atoms with Crippen molar-refractivity contribution in [2.45, 2.75) is 46.5 Å². The molecule has 4 heteroatoms. The first kappa shape index (κ1) is 12.8. The molecule has 0 aromatic rings. The maximum absolute atomic E-state index is 12.9. The van der Waals surface area contributed by atoms with Crippen LogP contribution in [0.2, 0.25) is 0 Å². The number of carbonyl (C=O) groups is 3. The molecule has 104 valence electrons. The van der Waals surface area contributed by atoms with Gasteiger partial charge in [0.15, 0.2) is 0 Å². The second-order valence-electron chi connectivity index (χ2n) is 7.02. The quantitative estimate of drug-likeness (QED) is 0.533. The monoisotopic (exact) mass is 263 g/mol. The molecule has 2 bridgehead atoms. The normalized spacial score (nSPS) is 40.3. The van der Waals surface area contributed by atoms with Crippen LogP contribution in [0.4, 0.5) is 0 Å². The lowest BCUT2D eigenvalue weighted by atomic mass is 9.64. The third-order valence-corrected chi connectivity index (χ3v) is 6.30. The van der Waals surface area contributed by atoms with Crippen molar-refractivity contribution in [1.82, 2.24) is 4.90 Å². The topological polar surface area (TPSA) is 54.5 Å². The summed E-state index contributed by atoms with van der Waals surface area (Å²) in [6, 6.07) is 0. The maximum atomic E-state index is 12.9. The van der Waals surface area contributed by atoms with E-state index in [-0.39, 0.29) is 11.7 Å². The molecule has 1 saturated heterocycles. The van der Waals surface area contributed by atoms with Gasteiger partial charge >= 0.3 is 0 Å². The Balaban J connectivity index is 2.10. The van der Waals surface area contributed by atoms with Crippen molar-refractivity contribution in [2.75, 3.05) is 13.1 Å². The van der Waals surface area contributed by atoms with Gasteiger partial charge in [-0.3, -0.25) is 14.4 Å². The van der Waals surface area contributed by atoms with E-state index in [0.717, 1.165) is 25.9 Å². The number of fused-ring (bicyclic) bond motifs is 2. The van der Waals surface area contributed by atoms with Crippen molar-refractivity contribution in [3.8, 4) is 0 Å². The van der Waals surface area contributed by atoms with Crippen LogP contribution in [0.5, 0.6) is 0 Å². The smallest absolute Gasteiger partial charge is 0.237 e. The van der Waals surface area contributed by atoms with Gasteiger partial charge in [0.1, 0.15) is 5.41 Å². The second-order valence-corrected chi connectivity index (χ2v) is 7.02. The molecule has 3 aliphatic rings. The molecule has 0 aromatic carbocycles. The van der Waals surface area contributed by atoms with E-state index in [4.69, 9.17) is 0 Å². The van der Waals surface area contributed by atoms with Gasteiger partial charge in [0.25, 0.3) is 0 Å². The molecule has 0 radical (unpaired) electrons. The van der Waals surface area contributed by atoms with Gasteiger partial charge in [-0.05, 0) is 31.1 Å². The van der Waals surface area contributed by atoms with E-state index in [2.05, 4.69) is 0 Å². The van der Waals surface area contributed by atoms with E-state index in [1.165, 1.54) is 0 Å². The fourth-order valence-electron chi connectivity index (χ4n) is 4.43. The van der Waals surface area contributed by atoms with E-state index in [1.54, 1.807) is 4.90 Å². The van der Waals surface area contributed by atoms with Crippen molar-refractivity contribution < 1.29 is 14.4 Å². The molecule has 2 aliphatic carbocycles. The first-order valence-electron chi connectivity index (χ1n) is 7.18. The van der Waals surface area contributed by atoms with E-state index in [0.29, 0.717) is 12.8 Å². The molecule has 19 heavy (non-hydrogen) atoms. The number of hydrogen-bond acceptors (Lipinski definition) is 3. The van der Waals surface area contributed by atoms with Crippen molar-refractivity contribution >= 4 is 17.5 Å². The van der Waals surface area contributed by atoms with Crippen LogP contribution in [0.15, 0.2) is 0 Å². The van der Waals surface area contributed by atoms with Gasteiger partial charge in [-0.25, -0.2) is 0 Å². The number of hydrogen-bond donors (Lipinski definition) is 0. The van der Waals surface area contributed by atoms with E-state index < -0.39 is 22.0 Å². The van der Waals surface area contributed by atoms with E-state index in [9.17, 15) is 14.4 Å². The minimum absolute atomic E-state index is 0.0884. The van der Waals surface area contributed by atoms with Crippen molar-refractivity contribution in [2.24, 2.45) is 16.2 Å². The summed E-state index contributed by atoms with van der Waals surface area (Å²) >= 11 is 0. The molecule has 0 spiro atoms. The fraction of sp³-hybridized carbons (Fsp3) is 0.800. The predicted molar refractivity (Wildman–Crippen MR) is 69.4 cm³/mol. The zero-order valence-electron chi connectivity index (χ0n) is 11.9. The summed E-state index contributed by atoms with van der Waals surface area (Å²) in [7, 11) is 0. The van der Waals surface area contributed by atoms with Crippen LogP contribution < -0.4 is 0 Å². The first-order valence-corrected chi connectivity index (χ1v) is 7.18. The highest BCUT2D eigenvalue weighted by Crippen LogP contribution is 2.69. The zero-order valence-corrected chi connectivity index (χ0v) is 11.9. The van der Waals surface area contributed by atoms with Crippen LogP contribution in [0.3, 0.4) is 0 Å². The molecule has 4 nitrogen and oxygen atoms in total. The average Bonchev–Trinajstić information content (AvgIpc) is 2.97. The van der Waals surface area contributed by atoms with Crippen LogP contribution in [0, 0.1) is 16.2 Å². The molecule has 1 aliphatic heterocycles. The summed E-state index contributed by atoms with van der Waals surface area (Å²) in [6.07, 6.45) is 3.20. The van der Waals surface area contributed by atoms with Crippen molar-refractivity contribution in [3.63, 3.8) is 0 Å². The molecule has 0 N–H and O–H groups in total. The number of carbonyl (C=O) groups excluding carboxylic acids is 3. The number of ketones is 2. The Hall–Kier alpha value is -1.19. The van der Waals surface area contributed by atoms with Gasteiger partial charge < -0.3 is 4.90 Å². The Morgan fingerprint density at radius 3 is 2.05 bits per heavy atom. The Bertz CT molecular complexity index is 490. The van der Waals surface area contributed by atoms with Gasteiger partial charge in [-0.15, -0.1) is 0 Å². The van der Waals surface area contributed by atoms with Gasteiger partial charge in [0.05, 0.1) is 0 Å². The molecule has 1 amide bonds. The molecular formula is C15H21NO3. The summed E-state index contributed by atoms with van der Waals surface area (Å²) in [4.78, 5) is 39.5. The minimum Gasteiger partial charge on any atom is -0.342 e. The highest BCUT2D eigenvalue weighted by atomic mass is 16.2. The Morgan fingerprint density at radius 2 is 1.58 bits per heavy atom. The maximum Gasteiger partial charge on any atom is 0.237 e. The number of nitrogens with zero attached hydrogens (tertiary/aromatic N) is 1. The Kier molecular flexibility index (Phi) is 2.34. The van der Waals surface area contributed by atoms with Crippen LogP contribution in [0.1, 0.15) is 46.5 Å². The van der Waals surface area contributed by atoms with Crippen LogP contribution in [0.25, 0.3) is 0 Å². The molecule has 1 heterocycles. The van der Waals surface area contributed by atoms with Crippen LogP contribution >= 0.6 is 0 Å². The van der Waals surface area contributed by atoms with Crippen LogP contribution in [-0.2, 0) is 14.4 Å². The van der Waals surface area contributed by atoms with E-state index >= 15 is 0 Å². The molecule has 3 rings (SSSR count). The average molecular weight is 263 g/mol. The molecule has 2 atom stereocenters. The third kappa shape index (κ3) is 1.14. The van der Waals surface area contributed by atoms with Gasteiger partial charge in [-0.2, -0.15) is 0 Å². The Morgan fingerprint density at radius 1 is 1.00 bits per heavy atom. The predicted octanol–water partition coefficient (Wildman–Crippen LogP) is 1.57. The molecule has 2 saturated carbocycles.